The highest BCUT2D eigenvalue weighted by molar-refractivity contribution is 6.11. The lowest BCUT2D eigenvalue weighted by Crippen LogP contribution is -2.31. The van der Waals surface area contributed by atoms with Gasteiger partial charge in [-0.25, -0.2) is 19.9 Å². The Hall–Kier alpha value is -8.88. The molecule has 0 amide bonds. The molecule has 0 saturated carbocycles. The van der Waals surface area contributed by atoms with Gasteiger partial charge in [-0.1, -0.05) is 180 Å². The number of hydrogen-bond acceptors (Lipinski definition) is 7. The highest BCUT2D eigenvalue weighted by Gasteiger charge is 2.39. The Bertz CT molecular complexity index is 4040. The van der Waals surface area contributed by atoms with Gasteiger partial charge in [0.25, 0.3) is 0 Å². The Labute approximate surface area is 412 Å². The zero-order valence-electron chi connectivity index (χ0n) is 40.1. The first-order valence-electron chi connectivity index (χ1n) is 24.2. The molecule has 8 nitrogen and oxygen atoms in total. The van der Waals surface area contributed by atoms with Crippen LogP contribution in [-0.2, 0) is 10.8 Å². The second-order valence-corrected chi connectivity index (χ2v) is 20.0. The highest BCUT2D eigenvalue weighted by atomic mass is 15.3. The van der Waals surface area contributed by atoms with Crippen LogP contribution in [0.3, 0.4) is 0 Å². The van der Waals surface area contributed by atoms with Crippen molar-refractivity contribution in [3.8, 4) is 50.7 Å². The van der Waals surface area contributed by atoms with E-state index in [0.717, 1.165) is 100.0 Å². The summed E-state index contributed by atoms with van der Waals surface area (Å²) in [5.74, 6) is 1.07. The molecular weight excluding hydrogens is 869 g/mol. The van der Waals surface area contributed by atoms with Crippen LogP contribution in [0.4, 0.5) is 17.3 Å². The fraction of sp³-hybridized carbons (Fsp3) is 0.111. The Morgan fingerprint density at radius 1 is 0.394 bits per heavy atom. The molecular formula is C63H48N8. The van der Waals surface area contributed by atoms with Crippen molar-refractivity contribution >= 4 is 61.2 Å². The summed E-state index contributed by atoms with van der Waals surface area (Å²) >= 11 is 0. The molecule has 0 atom stereocenters. The molecule has 8 heteroatoms. The summed E-state index contributed by atoms with van der Waals surface area (Å²) in [6.07, 6.45) is 1.80. The normalized spacial score (nSPS) is 13.2. The lowest BCUT2D eigenvalue weighted by atomic mass is 9.73. The average molecular weight is 917 g/mol. The van der Waals surface area contributed by atoms with Crippen molar-refractivity contribution in [1.29, 1.82) is 0 Å². The van der Waals surface area contributed by atoms with E-state index in [9.17, 15) is 0 Å². The van der Waals surface area contributed by atoms with Crippen molar-refractivity contribution in [2.24, 2.45) is 0 Å². The lowest BCUT2D eigenvalue weighted by Gasteiger charge is -2.41. The van der Waals surface area contributed by atoms with E-state index in [2.05, 4.69) is 220 Å². The third-order valence-corrected chi connectivity index (χ3v) is 14.2. The van der Waals surface area contributed by atoms with E-state index in [-0.39, 0.29) is 5.41 Å². The van der Waals surface area contributed by atoms with Gasteiger partial charge in [-0.15, -0.1) is 0 Å². The van der Waals surface area contributed by atoms with Crippen molar-refractivity contribution in [1.82, 2.24) is 34.5 Å². The maximum absolute atomic E-state index is 5.53. The maximum atomic E-state index is 5.53. The molecule has 0 fully saturated rings. The molecule has 0 spiro atoms. The van der Waals surface area contributed by atoms with Crippen LogP contribution in [0, 0.1) is 0 Å². The number of anilines is 3. The molecule has 5 aromatic heterocycles. The SMILES string of the molecule is CC(C)(C)c1ccc2c(-c3ccc(-c4ccccc4)cc3)nc(-n3c4ccccc4c4cc5c(cc43)N(c3nc(-c4ccc(-c6ccccc6)cc4)c4cccnc4n3)c3ccccc3C5(C)C)nc2n1. The van der Waals surface area contributed by atoms with Gasteiger partial charge in [-0.05, 0) is 81.9 Å². The zero-order chi connectivity index (χ0) is 48.0. The zero-order valence-corrected chi connectivity index (χ0v) is 40.1. The van der Waals surface area contributed by atoms with Crippen molar-refractivity contribution < 1.29 is 0 Å². The van der Waals surface area contributed by atoms with E-state index in [4.69, 9.17) is 29.9 Å². The Kier molecular flexibility index (Phi) is 9.58. The van der Waals surface area contributed by atoms with E-state index in [0.29, 0.717) is 23.2 Å². The van der Waals surface area contributed by atoms with E-state index in [1.54, 1.807) is 6.20 Å². The Morgan fingerprint density at radius 2 is 0.944 bits per heavy atom. The molecule has 13 rings (SSSR count). The summed E-state index contributed by atoms with van der Waals surface area (Å²) in [6, 6.07) is 68.4. The Morgan fingerprint density at radius 3 is 1.62 bits per heavy atom. The quantitative estimate of drug-likeness (QED) is 0.164. The lowest BCUT2D eigenvalue weighted by molar-refractivity contribution is 0.571. The summed E-state index contributed by atoms with van der Waals surface area (Å²) < 4.78 is 2.21. The number of nitrogens with zero attached hydrogens (tertiary/aromatic N) is 8. The number of para-hydroxylation sites is 2. The first-order chi connectivity index (χ1) is 34.6. The van der Waals surface area contributed by atoms with Crippen LogP contribution in [0.15, 0.2) is 200 Å². The number of rotatable bonds is 6. The van der Waals surface area contributed by atoms with Crippen LogP contribution in [0.2, 0.25) is 0 Å². The molecule has 1 aliphatic rings. The van der Waals surface area contributed by atoms with E-state index in [1.807, 2.05) is 18.2 Å². The smallest absolute Gasteiger partial charge is 0.237 e. The standard InChI is InChI=1S/C63H48N8/c1-62(2,3)55-35-34-47-57(44-32-28-42(29-33-44)40-19-10-7-11-20-40)67-61(69-59(47)65-55)70-51-24-14-12-21-45(51)48-37-50-54(38-53(48)70)71(52-25-15-13-23-49(52)63(50,4)5)60-66-56(46-22-16-36-64-58(46)68-60)43-30-26-41(27-31-43)39-17-8-6-9-18-39/h6-38H,1-5H3. The predicted molar refractivity (Wildman–Crippen MR) is 290 cm³/mol. The topological polar surface area (TPSA) is 85.5 Å². The molecule has 12 aromatic rings. The molecule has 0 radical (unpaired) electrons. The van der Waals surface area contributed by atoms with Crippen molar-refractivity contribution in [2.45, 2.75) is 45.4 Å². The number of hydrogen-bond donors (Lipinski definition) is 0. The first kappa shape index (κ1) is 42.2. The molecule has 340 valence electrons. The number of pyridine rings is 2. The van der Waals surface area contributed by atoms with E-state index >= 15 is 0 Å². The second-order valence-electron chi connectivity index (χ2n) is 20.0. The van der Waals surface area contributed by atoms with E-state index in [1.165, 1.54) is 5.56 Å². The van der Waals surface area contributed by atoms with Gasteiger partial charge in [0.15, 0.2) is 11.3 Å². The van der Waals surface area contributed by atoms with Gasteiger partial charge in [0.05, 0.1) is 33.8 Å². The molecule has 0 N–H and O–H groups in total. The first-order valence-corrected chi connectivity index (χ1v) is 24.2. The highest BCUT2D eigenvalue weighted by Crippen LogP contribution is 2.53. The molecule has 0 saturated heterocycles. The number of fused-ring (bicyclic) bond motifs is 7. The van der Waals surface area contributed by atoms with Gasteiger partial charge >= 0.3 is 0 Å². The molecule has 7 aromatic carbocycles. The molecule has 0 aliphatic carbocycles. The van der Waals surface area contributed by atoms with Crippen LogP contribution in [0.25, 0.3) is 94.6 Å². The van der Waals surface area contributed by atoms with Crippen LogP contribution in [-0.4, -0.2) is 34.5 Å². The summed E-state index contributed by atoms with van der Waals surface area (Å²) in [5.41, 5.74) is 16.1. The fourth-order valence-electron chi connectivity index (χ4n) is 10.5. The van der Waals surface area contributed by atoms with Gasteiger partial charge in [-0.3, -0.25) is 9.47 Å². The third kappa shape index (κ3) is 6.97. The minimum atomic E-state index is -0.392. The fourth-order valence-corrected chi connectivity index (χ4v) is 10.5. The van der Waals surface area contributed by atoms with Gasteiger partial charge in [0.1, 0.15) is 0 Å². The molecule has 6 heterocycles. The molecule has 0 unspecified atom stereocenters. The van der Waals surface area contributed by atoms with Crippen LogP contribution in [0.1, 0.15) is 51.4 Å². The number of aromatic nitrogens is 7. The van der Waals surface area contributed by atoms with Gasteiger partial charge in [0, 0.05) is 55.4 Å². The third-order valence-electron chi connectivity index (χ3n) is 14.2. The summed E-state index contributed by atoms with van der Waals surface area (Å²) in [4.78, 5) is 34.1. The molecule has 0 bridgehead atoms. The van der Waals surface area contributed by atoms with Crippen LogP contribution in [0.5, 0.6) is 0 Å². The number of benzene rings is 7. The predicted octanol–water partition coefficient (Wildman–Crippen LogP) is 15.5. The van der Waals surface area contributed by atoms with Crippen LogP contribution < -0.4 is 4.90 Å². The molecule has 71 heavy (non-hydrogen) atoms. The largest absolute Gasteiger partial charge is 0.278 e. The minimum Gasteiger partial charge on any atom is -0.278 e. The molecule has 1 aliphatic heterocycles. The average Bonchev–Trinajstić information content (AvgIpc) is 3.73. The van der Waals surface area contributed by atoms with Crippen molar-refractivity contribution in [3.63, 3.8) is 0 Å². The Balaban J connectivity index is 1.05. The minimum absolute atomic E-state index is 0.193. The second kappa shape index (κ2) is 16.1. The summed E-state index contributed by atoms with van der Waals surface area (Å²) in [5, 5.41) is 3.98. The van der Waals surface area contributed by atoms with Gasteiger partial charge in [0.2, 0.25) is 11.9 Å². The van der Waals surface area contributed by atoms with Crippen LogP contribution >= 0.6 is 0 Å². The van der Waals surface area contributed by atoms with Crippen molar-refractivity contribution in [3.05, 3.63) is 217 Å². The monoisotopic (exact) mass is 916 g/mol. The maximum Gasteiger partial charge on any atom is 0.237 e. The van der Waals surface area contributed by atoms with E-state index < -0.39 is 5.41 Å². The van der Waals surface area contributed by atoms with Gasteiger partial charge in [-0.2, -0.15) is 9.97 Å². The van der Waals surface area contributed by atoms with Crippen molar-refractivity contribution in [2.75, 3.05) is 4.90 Å². The van der Waals surface area contributed by atoms with Gasteiger partial charge < -0.3 is 0 Å². The summed E-state index contributed by atoms with van der Waals surface area (Å²) in [7, 11) is 0. The summed E-state index contributed by atoms with van der Waals surface area (Å²) in [6.45, 7) is 11.2.